The highest BCUT2D eigenvalue weighted by Gasteiger charge is 2.43. The molecule has 2 heterocycles. The fourth-order valence-corrected chi connectivity index (χ4v) is 2.29. The van der Waals surface area contributed by atoms with E-state index in [9.17, 15) is 8.78 Å². The number of piperidine rings is 1. The van der Waals surface area contributed by atoms with Crippen LogP contribution in [0.2, 0.25) is 0 Å². The first kappa shape index (κ1) is 14.9. The zero-order valence-corrected chi connectivity index (χ0v) is 11.6. The molecule has 5 nitrogen and oxygen atoms in total. The van der Waals surface area contributed by atoms with Gasteiger partial charge in [0.25, 0.3) is 5.92 Å². The molecular formula is C13H19F2N3O2. The summed E-state index contributed by atoms with van der Waals surface area (Å²) in [7, 11) is 0. The monoisotopic (exact) mass is 287 g/mol. The molecule has 1 saturated heterocycles. The molecule has 0 aromatic carbocycles. The van der Waals surface area contributed by atoms with Gasteiger partial charge < -0.3 is 14.7 Å². The SMILES string of the molecule is CCOc1cc(N2CCC(F)(F)C(CO)C2)nc(C)n1. The molecule has 0 bridgehead atoms. The number of halogens is 2. The highest BCUT2D eigenvalue weighted by atomic mass is 19.3. The topological polar surface area (TPSA) is 58.5 Å². The van der Waals surface area contributed by atoms with Crippen LogP contribution >= 0.6 is 0 Å². The lowest BCUT2D eigenvalue weighted by atomic mass is 9.94. The smallest absolute Gasteiger partial charge is 0.256 e. The Morgan fingerprint density at radius 3 is 2.90 bits per heavy atom. The fourth-order valence-electron chi connectivity index (χ4n) is 2.29. The average molecular weight is 287 g/mol. The van der Waals surface area contributed by atoms with Gasteiger partial charge in [0.15, 0.2) is 0 Å². The number of aromatic nitrogens is 2. The number of anilines is 1. The first-order chi connectivity index (χ1) is 9.46. The van der Waals surface area contributed by atoms with E-state index in [0.717, 1.165) is 0 Å². The van der Waals surface area contributed by atoms with Gasteiger partial charge >= 0.3 is 0 Å². The lowest BCUT2D eigenvalue weighted by molar-refractivity contribution is -0.0880. The van der Waals surface area contributed by atoms with Crippen molar-refractivity contribution < 1.29 is 18.6 Å². The van der Waals surface area contributed by atoms with E-state index in [1.165, 1.54) is 0 Å². The number of aliphatic hydroxyl groups excluding tert-OH is 1. The van der Waals surface area contributed by atoms with Crippen molar-refractivity contribution in [3.05, 3.63) is 11.9 Å². The lowest BCUT2D eigenvalue weighted by Crippen LogP contribution is -2.49. The Morgan fingerprint density at radius 1 is 1.50 bits per heavy atom. The third-order valence-electron chi connectivity index (χ3n) is 3.39. The van der Waals surface area contributed by atoms with Crippen molar-refractivity contribution in [2.45, 2.75) is 26.2 Å². The maximum absolute atomic E-state index is 13.6. The van der Waals surface area contributed by atoms with Gasteiger partial charge in [0.1, 0.15) is 11.6 Å². The van der Waals surface area contributed by atoms with Gasteiger partial charge in [0, 0.05) is 25.6 Å². The standard InChI is InChI=1S/C13H19F2N3O2/c1-3-20-12-6-11(16-9(2)17-12)18-5-4-13(14,15)10(7-18)8-19/h6,10,19H,3-5,7-8H2,1-2H3. The first-order valence-electron chi connectivity index (χ1n) is 6.68. The van der Waals surface area contributed by atoms with E-state index in [1.807, 2.05) is 6.92 Å². The minimum Gasteiger partial charge on any atom is -0.478 e. The van der Waals surface area contributed by atoms with Gasteiger partial charge in [-0.05, 0) is 13.8 Å². The van der Waals surface area contributed by atoms with Crippen molar-refractivity contribution in [1.82, 2.24) is 9.97 Å². The summed E-state index contributed by atoms with van der Waals surface area (Å²) in [5.74, 6) is -2.36. The quantitative estimate of drug-likeness (QED) is 0.912. The van der Waals surface area contributed by atoms with Crippen LogP contribution in [0.3, 0.4) is 0 Å². The minimum absolute atomic E-state index is 0.0749. The number of alkyl halides is 2. The van der Waals surface area contributed by atoms with Crippen molar-refractivity contribution >= 4 is 5.82 Å². The average Bonchev–Trinajstić information content (AvgIpc) is 2.38. The number of hydrogen-bond acceptors (Lipinski definition) is 5. The molecule has 0 radical (unpaired) electrons. The molecule has 0 aliphatic carbocycles. The van der Waals surface area contributed by atoms with E-state index in [4.69, 9.17) is 9.84 Å². The molecule has 0 saturated carbocycles. The molecule has 1 fully saturated rings. The number of nitrogens with zero attached hydrogens (tertiary/aromatic N) is 3. The van der Waals surface area contributed by atoms with Crippen molar-refractivity contribution in [2.24, 2.45) is 5.92 Å². The second kappa shape index (κ2) is 5.87. The zero-order chi connectivity index (χ0) is 14.8. The molecule has 2 rings (SSSR count). The number of aliphatic hydroxyl groups is 1. The fraction of sp³-hybridized carbons (Fsp3) is 0.692. The molecule has 112 valence electrons. The molecule has 1 atom stereocenters. The summed E-state index contributed by atoms with van der Waals surface area (Å²) < 4.78 is 32.5. The molecule has 1 aromatic rings. The van der Waals surface area contributed by atoms with Gasteiger partial charge in [-0.2, -0.15) is 4.98 Å². The van der Waals surface area contributed by atoms with Gasteiger partial charge in [-0.15, -0.1) is 0 Å². The molecule has 1 N–H and O–H groups in total. The molecular weight excluding hydrogens is 268 g/mol. The zero-order valence-electron chi connectivity index (χ0n) is 11.6. The van der Waals surface area contributed by atoms with Gasteiger partial charge in [0.2, 0.25) is 5.88 Å². The van der Waals surface area contributed by atoms with Crippen LogP contribution in [0.1, 0.15) is 19.2 Å². The lowest BCUT2D eigenvalue weighted by Gasteiger charge is -2.38. The Labute approximate surface area is 116 Å². The summed E-state index contributed by atoms with van der Waals surface area (Å²) in [6.07, 6.45) is -0.286. The van der Waals surface area contributed by atoms with Crippen LogP contribution < -0.4 is 9.64 Å². The summed E-state index contributed by atoms with van der Waals surface area (Å²) >= 11 is 0. The van der Waals surface area contributed by atoms with E-state index in [-0.39, 0.29) is 19.5 Å². The van der Waals surface area contributed by atoms with Gasteiger partial charge in [0.05, 0.1) is 19.1 Å². The Kier molecular flexibility index (Phi) is 4.37. The second-order valence-electron chi connectivity index (χ2n) is 4.88. The second-order valence-corrected chi connectivity index (χ2v) is 4.88. The van der Waals surface area contributed by atoms with E-state index in [1.54, 1.807) is 17.9 Å². The number of ether oxygens (including phenoxy) is 1. The summed E-state index contributed by atoms with van der Waals surface area (Å²) in [5, 5.41) is 9.12. The first-order valence-corrected chi connectivity index (χ1v) is 6.68. The van der Waals surface area contributed by atoms with E-state index < -0.39 is 18.4 Å². The summed E-state index contributed by atoms with van der Waals surface area (Å²) in [4.78, 5) is 10.1. The van der Waals surface area contributed by atoms with Crippen LogP contribution in [-0.4, -0.2) is 47.3 Å². The van der Waals surface area contributed by atoms with Crippen molar-refractivity contribution in [3.63, 3.8) is 0 Å². The van der Waals surface area contributed by atoms with E-state index >= 15 is 0 Å². The molecule has 0 spiro atoms. The highest BCUT2D eigenvalue weighted by Crippen LogP contribution is 2.35. The van der Waals surface area contributed by atoms with Crippen LogP contribution in [0.15, 0.2) is 6.07 Å². The van der Waals surface area contributed by atoms with Crippen LogP contribution in [0.4, 0.5) is 14.6 Å². The molecule has 7 heteroatoms. The summed E-state index contributed by atoms with van der Waals surface area (Å²) in [6.45, 7) is 3.80. The Morgan fingerprint density at radius 2 is 2.25 bits per heavy atom. The third kappa shape index (κ3) is 3.15. The number of aryl methyl sites for hydroxylation is 1. The molecule has 1 aliphatic heterocycles. The van der Waals surface area contributed by atoms with E-state index in [0.29, 0.717) is 24.1 Å². The normalized spacial score (nSPS) is 21.9. The Bertz CT molecular complexity index is 471. The highest BCUT2D eigenvalue weighted by molar-refractivity contribution is 5.42. The summed E-state index contributed by atoms with van der Waals surface area (Å²) in [5.41, 5.74) is 0. The molecule has 1 aliphatic rings. The van der Waals surface area contributed by atoms with E-state index in [2.05, 4.69) is 9.97 Å². The van der Waals surface area contributed by atoms with Crippen molar-refractivity contribution in [1.29, 1.82) is 0 Å². The molecule has 1 unspecified atom stereocenters. The minimum atomic E-state index is -2.82. The number of hydrogen-bond donors (Lipinski definition) is 1. The largest absolute Gasteiger partial charge is 0.478 e. The predicted molar refractivity (Wildman–Crippen MR) is 70.3 cm³/mol. The van der Waals surface area contributed by atoms with Crippen molar-refractivity contribution in [3.8, 4) is 5.88 Å². The predicted octanol–water partition coefficient (Wildman–Crippen LogP) is 1.64. The van der Waals surface area contributed by atoms with Crippen LogP contribution in [0.5, 0.6) is 5.88 Å². The molecule has 0 amide bonds. The Balaban J connectivity index is 2.19. The summed E-state index contributed by atoms with van der Waals surface area (Å²) in [6, 6.07) is 1.65. The maximum atomic E-state index is 13.6. The molecule has 20 heavy (non-hydrogen) atoms. The number of rotatable bonds is 4. The van der Waals surface area contributed by atoms with Gasteiger partial charge in [-0.25, -0.2) is 13.8 Å². The third-order valence-corrected chi connectivity index (χ3v) is 3.39. The van der Waals surface area contributed by atoms with Gasteiger partial charge in [-0.1, -0.05) is 0 Å². The van der Waals surface area contributed by atoms with Crippen LogP contribution in [0.25, 0.3) is 0 Å². The van der Waals surface area contributed by atoms with Crippen molar-refractivity contribution in [2.75, 3.05) is 31.2 Å². The van der Waals surface area contributed by atoms with Gasteiger partial charge in [-0.3, -0.25) is 0 Å². The Hall–Kier alpha value is -1.50. The van der Waals surface area contributed by atoms with Crippen LogP contribution in [0, 0.1) is 12.8 Å². The maximum Gasteiger partial charge on any atom is 0.256 e. The molecule has 1 aromatic heterocycles. The van der Waals surface area contributed by atoms with Crippen LogP contribution in [-0.2, 0) is 0 Å².